The fraction of sp³-hybridized carbons (Fsp3) is 0.273. The van der Waals surface area contributed by atoms with E-state index in [-0.39, 0.29) is 29.9 Å². The topological polar surface area (TPSA) is 92.1 Å². The Balaban J connectivity index is 1.46. The van der Waals surface area contributed by atoms with Gasteiger partial charge < -0.3 is 14.7 Å². The number of aliphatic carboxylic acids is 1. The number of hydrogen-bond acceptors (Lipinski definition) is 6. The summed E-state index contributed by atoms with van der Waals surface area (Å²) in [5.74, 6) is -1.37. The van der Waals surface area contributed by atoms with Crippen molar-refractivity contribution in [3.05, 3.63) is 58.6 Å². The number of pyridine rings is 1. The number of carbonyl (C=O) groups is 2. The van der Waals surface area contributed by atoms with Crippen molar-refractivity contribution < 1.29 is 23.8 Å². The van der Waals surface area contributed by atoms with Crippen LogP contribution < -0.4 is 4.74 Å². The second kappa shape index (κ2) is 8.85. The third kappa shape index (κ3) is 4.74. The van der Waals surface area contributed by atoms with Crippen LogP contribution >= 0.6 is 11.6 Å². The fourth-order valence-corrected chi connectivity index (χ4v) is 3.87. The fourth-order valence-electron chi connectivity index (χ4n) is 3.64. The van der Waals surface area contributed by atoms with Crippen molar-refractivity contribution in [2.24, 2.45) is 4.99 Å². The van der Waals surface area contributed by atoms with Crippen molar-refractivity contribution in [2.45, 2.75) is 18.9 Å². The zero-order valence-corrected chi connectivity index (χ0v) is 17.2. The number of Topliss-reactive ketones (excluding diaryl/α,β-unsaturated/α-hetero) is 1. The average molecular weight is 444 g/mol. The Hall–Kier alpha value is -3.26. The molecule has 2 aliphatic heterocycles. The van der Waals surface area contributed by atoms with Gasteiger partial charge in [-0.25, -0.2) is 9.37 Å². The summed E-state index contributed by atoms with van der Waals surface area (Å²) in [6.45, 7) is 1.25. The van der Waals surface area contributed by atoms with Gasteiger partial charge in [0.05, 0.1) is 18.7 Å². The number of ketones is 1. The van der Waals surface area contributed by atoms with Gasteiger partial charge in [-0.1, -0.05) is 23.7 Å². The molecule has 1 fully saturated rings. The van der Waals surface area contributed by atoms with Crippen LogP contribution in [-0.2, 0) is 16.0 Å². The summed E-state index contributed by atoms with van der Waals surface area (Å²) in [5.41, 5.74) is 1.91. The monoisotopic (exact) mass is 443 g/mol. The Bertz CT molecular complexity index is 1100. The molecule has 4 rings (SSSR count). The number of ether oxygens (including phenoxy) is 1. The highest BCUT2D eigenvalue weighted by Crippen LogP contribution is 2.28. The predicted molar refractivity (Wildman–Crippen MR) is 113 cm³/mol. The van der Waals surface area contributed by atoms with Gasteiger partial charge in [0.15, 0.2) is 5.78 Å². The first-order chi connectivity index (χ1) is 14.9. The molecule has 0 saturated carbocycles. The number of rotatable bonds is 6. The van der Waals surface area contributed by atoms with Gasteiger partial charge in [-0.05, 0) is 23.3 Å². The normalized spacial score (nSPS) is 18.6. The van der Waals surface area contributed by atoms with E-state index in [0.717, 1.165) is 0 Å². The summed E-state index contributed by atoms with van der Waals surface area (Å²) in [6.07, 6.45) is 3.44. The first-order valence-electron chi connectivity index (χ1n) is 9.72. The molecule has 31 heavy (non-hydrogen) atoms. The highest BCUT2D eigenvalue weighted by molar-refractivity contribution is 6.44. The molecule has 1 atom stereocenters. The number of nitrogens with zero attached hydrogens (tertiary/aromatic N) is 3. The second-order valence-corrected chi connectivity index (χ2v) is 7.71. The number of benzene rings is 1. The quantitative estimate of drug-likeness (QED) is 0.737. The number of aromatic nitrogens is 1. The summed E-state index contributed by atoms with van der Waals surface area (Å²) in [4.78, 5) is 32.8. The molecule has 0 amide bonds. The maximum atomic E-state index is 14.5. The van der Waals surface area contributed by atoms with Gasteiger partial charge in [-0.15, -0.1) is 0 Å². The summed E-state index contributed by atoms with van der Waals surface area (Å²) < 4.78 is 20.5. The van der Waals surface area contributed by atoms with E-state index in [1.54, 1.807) is 30.5 Å². The molecule has 9 heteroatoms. The van der Waals surface area contributed by atoms with Crippen LogP contribution in [0, 0.1) is 5.82 Å². The molecule has 0 unspecified atom stereocenters. The average Bonchev–Trinajstić information content (AvgIpc) is 3.18. The van der Waals surface area contributed by atoms with Gasteiger partial charge in [0, 0.05) is 37.0 Å². The van der Waals surface area contributed by atoms with Gasteiger partial charge in [0.2, 0.25) is 5.88 Å². The summed E-state index contributed by atoms with van der Waals surface area (Å²) in [5, 5.41) is 9.05. The summed E-state index contributed by atoms with van der Waals surface area (Å²) in [7, 11) is 0. The number of hydrogen-bond donors (Lipinski definition) is 1. The number of carboxylic acids is 1. The minimum absolute atomic E-state index is 0.0701. The molecule has 0 radical (unpaired) electrons. The van der Waals surface area contributed by atoms with E-state index in [9.17, 15) is 14.0 Å². The zero-order chi connectivity index (χ0) is 22.0. The Kier molecular flexibility index (Phi) is 5.99. The first-order valence-corrected chi connectivity index (χ1v) is 10.1. The van der Waals surface area contributed by atoms with Crippen LogP contribution in [0.2, 0.25) is 0 Å². The van der Waals surface area contributed by atoms with Crippen molar-refractivity contribution in [1.29, 1.82) is 0 Å². The van der Waals surface area contributed by atoms with Gasteiger partial charge in [-0.3, -0.25) is 14.6 Å². The SMILES string of the molecule is O=C(O)Cc1ccc(-c2ccnc(O[C@@H]3CCN(C4=C(Cl)C(=O)CN=C4)C3)c2)c(F)c1. The van der Waals surface area contributed by atoms with E-state index in [2.05, 4.69) is 9.98 Å². The molecule has 160 valence electrons. The molecular weight excluding hydrogens is 425 g/mol. The molecule has 2 aliphatic rings. The van der Waals surface area contributed by atoms with Crippen LogP contribution in [0.15, 0.2) is 52.3 Å². The van der Waals surface area contributed by atoms with Gasteiger partial charge in [0.1, 0.15) is 23.5 Å². The minimum atomic E-state index is -1.02. The Morgan fingerprint density at radius 2 is 2.16 bits per heavy atom. The smallest absolute Gasteiger partial charge is 0.307 e. The maximum absolute atomic E-state index is 14.5. The predicted octanol–water partition coefficient (Wildman–Crippen LogP) is 3.07. The minimum Gasteiger partial charge on any atom is -0.481 e. The number of carbonyl (C=O) groups excluding carboxylic acids is 1. The van der Waals surface area contributed by atoms with Crippen LogP contribution in [-0.4, -0.2) is 58.7 Å². The van der Waals surface area contributed by atoms with Crippen molar-refractivity contribution >= 4 is 29.6 Å². The number of aliphatic imine (C=N–C) groups is 1. The highest BCUT2D eigenvalue weighted by atomic mass is 35.5. The van der Waals surface area contributed by atoms with E-state index < -0.39 is 11.8 Å². The molecule has 1 saturated heterocycles. The van der Waals surface area contributed by atoms with Crippen molar-refractivity contribution in [1.82, 2.24) is 9.88 Å². The van der Waals surface area contributed by atoms with Crippen LogP contribution in [0.25, 0.3) is 11.1 Å². The molecule has 1 N–H and O–H groups in total. The number of allylic oxidation sites excluding steroid dienone is 1. The molecule has 1 aromatic heterocycles. The van der Waals surface area contributed by atoms with Gasteiger partial charge >= 0.3 is 5.97 Å². The molecule has 2 aromatic rings. The molecular formula is C22H19ClFN3O4. The molecule has 0 bridgehead atoms. The van der Waals surface area contributed by atoms with Crippen LogP contribution in [0.1, 0.15) is 12.0 Å². The lowest BCUT2D eigenvalue weighted by Crippen LogP contribution is -2.28. The Morgan fingerprint density at radius 1 is 1.32 bits per heavy atom. The van der Waals surface area contributed by atoms with Crippen LogP contribution in [0.3, 0.4) is 0 Å². The standard InChI is InChI=1S/C22H19ClFN3O4/c23-22-18(10-25-11-19(22)28)27-6-4-15(12-27)31-20-9-14(3-5-26-20)16-2-1-13(7-17(16)24)8-21(29)30/h1-3,5,7,9-10,15H,4,6,8,11-12H2,(H,29,30)/t15-/m1/s1. The van der Waals surface area contributed by atoms with Gasteiger partial charge in [0.25, 0.3) is 0 Å². The van der Waals surface area contributed by atoms with E-state index in [4.69, 9.17) is 21.4 Å². The molecule has 3 heterocycles. The molecule has 1 aromatic carbocycles. The van der Waals surface area contributed by atoms with Gasteiger partial charge in [-0.2, -0.15) is 0 Å². The highest BCUT2D eigenvalue weighted by Gasteiger charge is 2.29. The number of halogens is 2. The number of likely N-dealkylation sites (tertiary alicyclic amines) is 1. The van der Waals surface area contributed by atoms with Crippen LogP contribution in [0.5, 0.6) is 5.88 Å². The molecule has 0 aliphatic carbocycles. The largest absolute Gasteiger partial charge is 0.481 e. The van der Waals surface area contributed by atoms with E-state index in [1.165, 1.54) is 12.3 Å². The van der Waals surface area contributed by atoms with E-state index in [1.807, 2.05) is 4.90 Å². The lowest BCUT2D eigenvalue weighted by Gasteiger charge is -2.22. The van der Waals surface area contributed by atoms with Crippen molar-refractivity contribution in [3.63, 3.8) is 0 Å². The first kappa shape index (κ1) is 21.0. The van der Waals surface area contributed by atoms with Crippen molar-refractivity contribution in [3.8, 4) is 17.0 Å². The second-order valence-electron chi connectivity index (χ2n) is 7.33. The van der Waals surface area contributed by atoms with Crippen LogP contribution in [0.4, 0.5) is 4.39 Å². The maximum Gasteiger partial charge on any atom is 0.307 e. The van der Waals surface area contributed by atoms with E-state index >= 15 is 0 Å². The third-order valence-electron chi connectivity index (χ3n) is 5.13. The number of carboxylic acid groups (broad SMARTS) is 1. The number of dihydropyridines is 1. The van der Waals surface area contributed by atoms with E-state index in [0.29, 0.717) is 47.8 Å². The Morgan fingerprint density at radius 3 is 2.94 bits per heavy atom. The summed E-state index contributed by atoms with van der Waals surface area (Å²) >= 11 is 6.14. The lowest BCUT2D eigenvalue weighted by molar-refractivity contribution is -0.136. The molecule has 7 nitrogen and oxygen atoms in total. The van der Waals surface area contributed by atoms with Crippen molar-refractivity contribution in [2.75, 3.05) is 19.6 Å². The zero-order valence-electron chi connectivity index (χ0n) is 16.4. The summed E-state index contributed by atoms with van der Waals surface area (Å²) in [6, 6.07) is 7.68. The lowest BCUT2D eigenvalue weighted by atomic mass is 10.0. The molecule has 0 spiro atoms. The third-order valence-corrected chi connectivity index (χ3v) is 5.53. The Labute approximate surface area is 182 Å².